The topological polar surface area (TPSA) is 39.7 Å². The monoisotopic (exact) mass is 498 g/mol. The summed E-state index contributed by atoms with van der Waals surface area (Å²) in [7, 11) is 1.82. The number of hydrogen-bond donors (Lipinski definition) is 2. The molecule has 0 unspecified atom stereocenters. The number of hydrogen-bond acceptors (Lipinski definition) is 3. The van der Waals surface area contributed by atoms with Crippen molar-refractivity contribution in [2.24, 2.45) is 10.9 Å². The van der Waals surface area contributed by atoms with Crippen LogP contribution in [0.2, 0.25) is 0 Å². The maximum Gasteiger partial charge on any atom is 0.191 e. The Morgan fingerprint density at radius 3 is 2.48 bits per heavy atom. The highest BCUT2D eigenvalue weighted by Gasteiger charge is 2.15. The number of benzene rings is 1. The third-order valence-corrected chi connectivity index (χ3v) is 5.73. The third-order valence-electron chi connectivity index (χ3n) is 5.00. The van der Waals surface area contributed by atoms with Crippen molar-refractivity contribution in [2.75, 3.05) is 20.1 Å². The maximum absolute atomic E-state index is 4.32. The summed E-state index contributed by atoms with van der Waals surface area (Å²) in [5.74, 6) is 1.72. The first-order valence-corrected chi connectivity index (χ1v) is 10.4. The highest BCUT2D eigenvalue weighted by atomic mass is 127. The SMILES string of the molecule is CN=C(NCc1ccsc1)NCc1cccc(CN2CCC(C)CC2)c1.I. The number of likely N-dealkylation sites (tertiary alicyclic amines) is 1. The van der Waals surface area contributed by atoms with Gasteiger partial charge in [-0.3, -0.25) is 9.89 Å². The Hall–Kier alpha value is -1.12. The van der Waals surface area contributed by atoms with Crippen LogP contribution in [0.25, 0.3) is 0 Å². The molecule has 1 saturated heterocycles. The Bertz CT molecular complexity index is 694. The van der Waals surface area contributed by atoms with E-state index in [2.05, 4.69) is 68.5 Å². The fourth-order valence-corrected chi connectivity index (χ4v) is 3.97. The van der Waals surface area contributed by atoms with Gasteiger partial charge in [0.05, 0.1) is 0 Å². The van der Waals surface area contributed by atoms with Crippen molar-refractivity contribution in [1.82, 2.24) is 15.5 Å². The largest absolute Gasteiger partial charge is 0.352 e. The Morgan fingerprint density at radius 1 is 1.11 bits per heavy atom. The van der Waals surface area contributed by atoms with Gasteiger partial charge in [0.2, 0.25) is 0 Å². The van der Waals surface area contributed by atoms with E-state index < -0.39 is 0 Å². The fraction of sp³-hybridized carbons (Fsp3) is 0.476. The molecule has 1 aromatic carbocycles. The molecule has 1 fully saturated rings. The molecule has 2 aromatic rings. The summed E-state index contributed by atoms with van der Waals surface area (Å²) < 4.78 is 0. The first-order valence-electron chi connectivity index (χ1n) is 9.48. The van der Waals surface area contributed by atoms with Crippen LogP contribution in [-0.2, 0) is 19.6 Å². The number of thiophene rings is 1. The quantitative estimate of drug-likeness (QED) is 0.351. The maximum atomic E-state index is 4.32. The van der Waals surface area contributed by atoms with Crippen LogP contribution in [0.5, 0.6) is 0 Å². The Morgan fingerprint density at radius 2 is 1.81 bits per heavy atom. The van der Waals surface area contributed by atoms with Gasteiger partial charge in [-0.2, -0.15) is 11.3 Å². The van der Waals surface area contributed by atoms with E-state index >= 15 is 0 Å². The Labute approximate surface area is 184 Å². The van der Waals surface area contributed by atoms with Crippen molar-refractivity contribution in [3.05, 3.63) is 57.8 Å². The number of aliphatic imine (C=N–C) groups is 1. The highest BCUT2D eigenvalue weighted by Crippen LogP contribution is 2.18. The molecule has 0 saturated carbocycles. The van der Waals surface area contributed by atoms with Gasteiger partial charge in [-0.05, 0) is 65.4 Å². The van der Waals surface area contributed by atoms with Crippen molar-refractivity contribution < 1.29 is 0 Å². The van der Waals surface area contributed by atoms with Crippen molar-refractivity contribution in [3.63, 3.8) is 0 Å². The molecule has 27 heavy (non-hydrogen) atoms. The van der Waals surface area contributed by atoms with Crippen LogP contribution in [0.1, 0.15) is 36.5 Å². The minimum absolute atomic E-state index is 0. The van der Waals surface area contributed by atoms with Gasteiger partial charge in [-0.1, -0.05) is 31.2 Å². The molecule has 0 amide bonds. The zero-order valence-corrected chi connectivity index (χ0v) is 19.4. The third kappa shape index (κ3) is 7.43. The van der Waals surface area contributed by atoms with Crippen LogP contribution in [-0.4, -0.2) is 31.0 Å². The standard InChI is InChI=1S/C21H30N4S.HI/c1-17-6-9-25(10-7-17)15-19-5-3-4-18(12-19)13-23-21(22-2)24-14-20-8-11-26-16-20;/h3-5,8,11-12,16-17H,6-7,9-10,13-15H2,1-2H3,(H2,22,23,24);1H. The predicted molar refractivity (Wildman–Crippen MR) is 127 cm³/mol. The van der Waals surface area contributed by atoms with E-state index in [1.165, 1.54) is 42.6 Å². The second-order valence-electron chi connectivity index (χ2n) is 7.19. The van der Waals surface area contributed by atoms with Crippen molar-refractivity contribution in [2.45, 2.75) is 39.4 Å². The van der Waals surface area contributed by atoms with Crippen LogP contribution >= 0.6 is 35.3 Å². The number of nitrogens with zero attached hydrogens (tertiary/aromatic N) is 2. The van der Waals surface area contributed by atoms with E-state index in [9.17, 15) is 0 Å². The summed E-state index contributed by atoms with van der Waals surface area (Å²) in [6.07, 6.45) is 2.65. The van der Waals surface area contributed by atoms with Crippen LogP contribution in [0, 0.1) is 5.92 Å². The molecule has 2 heterocycles. The summed E-state index contributed by atoms with van der Waals surface area (Å²) in [6.45, 7) is 7.46. The van der Waals surface area contributed by atoms with Crippen LogP contribution in [0.15, 0.2) is 46.1 Å². The second-order valence-corrected chi connectivity index (χ2v) is 7.97. The molecule has 148 valence electrons. The smallest absolute Gasteiger partial charge is 0.191 e. The number of guanidine groups is 1. The van der Waals surface area contributed by atoms with Gasteiger partial charge in [0.1, 0.15) is 0 Å². The number of halogens is 1. The van der Waals surface area contributed by atoms with Crippen molar-refractivity contribution in [1.29, 1.82) is 0 Å². The van der Waals surface area contributed by atoms with Gasteiger partial charge < -0.3 is 10.6 Å². The molecule has 1 aliphatic heterocycles. The number of rotatable bonds is 6. The zero-order valence-electron chi connectivity index (χ0n) is 16.3. The summed E-state index contributed by atoms with van der Waals surface area (Å²) >= 11 is 1.72. The summed E-state index contributed by atoms with van der Waals surface area (Å²) in [5.41, 5.74) is 3.99. The lowest BCUT2D eigenvalue weighted by Gasteiger charge is -2.30. The Balaban J connectivity index is 0.00000261. The van der Waals surface area contributed by atoms with Crippen LogP contribution in [0.4, 0.5) is 0 Å². The average Bonchev–Trinajstić information content (AvgIpc) is 3.18. The van der Waals surface area contributed by atoms with E-state index in [0.717, 1.165) is 31.5 Å². The van der Waals surface area contributed by atoms with Gasteiger partial charge in [0, 0.05) is 26.7 Å². The van der Waals surface area contributed by atoms with Crippen molar-refractivity contribution in [3.8, 4) is 0 Å². The fourth-order valence-electron chi connectivity index (χ4n) is 3.30. The zero-order chi connectivity index (χ0) is 18.2. The molecule has 2 N–H and O–H groups in total. The van der Waals surface area contributed by atoms with E-state index in [1.54, 1.807) is 11.3 Å². The van der Waals surface area contributed by atoms with E-state index in [1.807, 2.05) is 7.05 Å². The lowest BCUT2D eigenvalue weighted by atomic mass is 9.98. The molecule has 0 spiro atoms. The number of nitrogens with one attached hydrogen (secondary N) is 2. The summed E-state index contributed by atoms with van der Waals surface area (Å²) in [5, 5.41) is 11.0. The molecule has 1 aliphatic rings. The average molecular weight is 498 g/mol. The van der Waals surface area contributed by atoms with Crippen LogP contribution < -0.4 is 10.6 Å². The number of piperidine rings is 1. The molecule has 0 bridgehead atoms. The molecule has 3 rings (SSSR count). The molecule has 0 radical (unpaired) electrons. The first-order chi connectivity index (χ1) is 12.7. The van der Waals surface area contributed by atoms with E-state index in [0.29, 0.717) is 0 Å². The normalized spacial score (nSPS) is 16.0. The van der Waals surface area contributed by atoms with E-state index in [4.69, 9.17) is 0 Å². The molecule has 0 aliphatic carbocycles. The van der Waals surface area contributed by atoms with Gasteiger partial charge in [0.25, 0.3) is 0 Å². The lowest BCUT2D eigenvalue weighted by molar-refractivity contribution is 0.185. The lowest BCUT2D eigenvalue weighted by Crippen LogP contribution is -2.36. The van der Waals surface area contributed by atoms with Gasteiger partial charge in [0.15, 0.2) is 5.96 Å². The minimum atomic E-state index is 0. The molecule has 6 heteroatoms. The minimum Gasteiger partial charge on any atom is -0.352 e. The predicted octanol–water partition coefficient (Wildman–Crippen LogP) is 4.46. The molecule has 4 nitrogen and oxygen atoms in total. The summed E-state index contributed by atoms with van der Waals surface area (Å²) in [6, 6.07) is 11.0. The molecule has 0 atom stereocenters. The van der Waals surface area contributed by atoms with E-state index in [-0.39, 0.29) is 24.0 Å². The molecule has 1 aromatic heterocycles. The molecular weight excluding hydrogens is 467 g/mol. The second kappa shape index (κ2) is 11.7. The van der Waals surface area contributed by atoms with Crippen molar-refractivity contribution >= 4 is 41.3 Å². The van der Waals surface area contributed by atoms with Gasteiger partial charge in [-0.25, -0.2) is 0 Å². The van der Waals surface area contributed by atoms with Crippen LogP contribution in [0.3, 0.4) is 0 Å². The van der Waals surface area contributed by atoms with Gasteiger partial charge in [-0.15, -0.1) is 24.0 Å². The Kier molecular flexibility index (Phi) is 9.58. The summed E-state index contributed by atoms with van der Waals surface area (Å²) in [4.78, 5) is 6.89. The van der Waals surface area contributed by atoms with Gasteiger partial charge >= 0.3 is 0 Å². The molecular formula is C21H31IN4S. The first kappa shape index (κ1) is 22.2. The highest BCUT2D eigenvalue weighted by molar-refractivity contribution is 14.0.